The van der Waals surface area contributed by atoms with Crippen molar-refractivity contribution in [3.63, 3.8) is 0 Å². The predicted octanol–water partition coefficient (Wildman–Crippen LogP) is 2.51. The lowest BCUT2D eigenvalue weighted by molar-refractivity contribution is 0.111. The summed E-state index contributed by atoms with van der Waals surface area (Å²) >= 11 is 0. The van der Waals surface area contributed by atoms with Gasteiger partial charge < -0.3 is 15.0 Å². The average Bonchev–Trinajstić information content (AvgIpc) is 2.92. The van der Waals surface area contributed by atoms with Crippen LogP contribution in [0.2, 0.25) is 0 Å². The molecule has 1 saturated heterocycles. The summed E-state index contributed by atoms with van der Waals surface area (Å²) < 4.78 is 5.57. The summed E-state index contributed by atoms with van der Waals surface area (Å²) in [4.78, 5) is 2.62. The van der Waals surface area contributed by atoms with Gasteiger partial charge in [-0.15, -0.1) is 0 Å². The zero-order valence-corrected chi connectivity index (χ0v) is 13.0. The van der Waals surface area contributed by atoms with Gasteiger partial charge >= 0.3 is 0 Å². The van der Waals surface area contributed by atoms with Crippen LogP contribution in [0, 0.1) is 11.8 Å². The second-order valence-corrected chi connectivity index (χ2v) is 6.56. The van der Waals surface area contributed by atoms with Crippen LogP contribution in [0.1, 0.15) is 46.0 Å². The summed E-state index contributed by atoms with van der Waals surface area (Å²) in [6.45, 7) is 8.79. The van der Waals surface area contributed by atoms with Gasteiger partial charge in [0.2, 0.25) is 0 Å². The van der Waals surface area contributed by atoms with Crippen LogP contribution < -0.4 is 5.32 Å². The molecule has 0 radical (unpaired) electrons. The third-order valence-corrected chi connectivity index (χ3v) is 5.12. The van der Waals surface area contributed by atoms with E-state index in [4.69, 9.17) is 4.74 Å². The Balaban J connectivity index is 1.87. The molecule has 3 heteroatoms. The molecule has 2 fully saturated rings. The first-order valence-electron chi connectivity index (χ1n) is 8.23. The molecule has 3 nitrogen and oxygen atoms in total. The number of nitrogens with zero attached hydrogens (tertiary/aromatic N) is 1. The van der Waals surface area contributed by atoms with Gasteiger partial charge in [-0.1, -0.05) is 26.7 Å². The highest BCUT2D eigenvalue weighted by molar-refractivity contribution is 4.86. The number of hydrogen-bond acceptors (Lipinski definition) is 3. The van der Waals surface area contributed by atoms with Crippen LogP contribution in [0.3, 0.4) is 0 Å². The van der Waals surface area contributed by atoms with Crippen LogP contribution in [0.15, 0.2) is 0 Å². The lowest BCUT2D eigenvalue weighted by atomic mass is 9.84. The lowest BCUT2D eigenvalue weighted by Crippen LogP contribution is -2.49. The fourth-order valence-corrected chi connectivity index (χ4v) is 3.91. The van der Waals surface area contributed by atoms with Crippen molar-refractivity contribution in [1.29, 1.82) is 0 Å². The second-order valence-electron chi connectivity index (χ2n) is 6.56. The van der Waals surface area contributed by atoms with Crippen molar-refractivity contribution in [2.75, 3.05) is 33.4 Å². The van der Waals surface area contributed by atoms with Crippen molar-refractivity contribution in [1.82, 2.24) is 10.2 Å². The van der Waals surface area contributed by atoms with Crippen molar-refractivity contribution < 1.29 is 4.74 Å². The van der Waals surface area contributed by atoms with Gasteiger partial charge in [-0.3, -0.25) is 0 Å². The molecule has 0 aromatic carbocycles. The number of rotatable bonds is 6. The summed E-state index contributed by atoms with van der Waals surface area (Å²) in [6.07, 6.45) is 6.87. The normalized spacial score (nSPS) is 33.8. The molecule has 1 N–H and O–H groups in total. The van der Waals surface area contributed by atoms with Crippen LogP contribution in [0.4, 0.5) is 0 Å². The van der Waals surface area contributed by atoms with Gasteiger partial charge in [-0.25, -0.2) is 0 Å². The molecule has 0 spiro atoms. The Hall–Kier alpha value is -0.120. The van der Waals surface area contributed by atoms with Crippen molar-refractivity contribution in [2.24, 2.45) is 11.8 Å². The van der Waals surface area contributed by atoms with E-state index in [1.165, 1.54) is 38.6 Å². The zero-order valence-electron chi connectivity index (χ0n) is 13.0. The Morgan fingerprint density at radius 1 is 1.26 bits per heavy atom. The van der Waals surface area contributed by atoms with E-state index < -0.39 is 0 Å². The van der Waals surface area contributed by atoms with E-state index in [-0.39, 0.29) is 0 Å². The summed E-state index contributed by atoms with van der Waals surface area (Å²) in [5.41, 5.74) is 0. The van der Waals surface area contributed by atoms with Gasteiger partial charge in [0.05, 0.1) is 6.61 Å². The molecule has 0 aromatic rings. The highest BCUT2D eigenvalue weighted by Crippen LogP contribution is 2.28. The molecule has 1 heterocycles. The molecule has 2 aliphatic rings. The maximum Gasteiger partial charge on any atom is 0.0510 e. The highest BCUT2D eigenvalue weighted by Gasteiger charge is 2.30. The van der Waals surface area contributed by atoms with Gasteiger partial charge in [0.1, 0.15) is 0 Å². The van der Waals surface area contributed by atoms with Gasteiger partial charge in [-0.2, -0.15) is 0 Å². The first-order chi connectivity index (χ1) is 9.22. The Morgan fingerprint density at radius 2 is 2.05 bits per heavy atom. The first kappa shape index (κ1) is 15.3. The van der Waals surface area contributed by atoms with Gasteiger partial charge in [0, 0.05) is 31.2 Å². The molecular formula is C16H32N2O. The topological polar surface area (TPSA) is 24.5 Å². The van der Waals surface area contributed by atoms with Gasteiger partial charge in [0.15, 0.2) is 0 Å². The molecule has 112 valence electrons. The van der Waals surface area contributed by atoms with E-state index in [0.29, 0.717) is 12.0 Å². The molecule has 1 aliphatic carbocycles. The molecule has 2 rings (SSSR count). The summed E-state index contributed by atoms with van der Waals surface area (Å²) in [5.74, 6) is 1.57. The maximum atomic E-state index is 5.57. The fraction of sp³-hybridized carbons (Fsp3) is 1.00. The smallest absolute Gasteiger partial charge is 0.0510 e. The largest absolute Gasteiger partial charge is 0.381 e. The summed E-state index contributed by atoms with van der Waals surface area (Å²) in [7, 11) is 2.33. The van der Waals surface area contributed by atoms with E-state index in [0.717, 1.165) is 31.7 Å². The van der Waals surface area contributed by atoms with E-state index in [1.807, 2.05) is 0 Å². The number of hydrogen-bond donors (Lipinski definition) is 1. The minimum atomic E-state index is 0.603. The average molecular weight is 268 g/mol. The Labute approximate surface area is 119 Å². The molecule has 0 aromatic heterocycles. The quantitative estimate of drug-likeness (QED) is 0.801. The third-order valence-electron chi connectivity index (χ3n) is 5.12. The lowest BCUT2D eigenvalue weighted by Gasteiger charge is -2.39. The summed E-state index contributed by atoms with van der Waals surface area (Å²) in [6, 6.07) is 1.39. The SMILES string of the molecule is CCNC(CN(C)C1CCCCC1C)C1CCOC1. The first-order valence-corrected chi connectivity index (χ1v) is 8.23. The monoisotopic (exact) mass is 268 g/mol. The zero-order chi connectivity index (χ0) is 13.7. The van der Waals surface area contributed by atoms with Crippen LogP contribution in [0.25, 0.3) is 0 Å². The van der Waals surface area contributed by atoms with Gasteiger partial charge in [0.25, 0.3) is 0 Å². The number of nitrogens with one attached hydrogen (secondary N) is 1. The molecular weight excluding hydrogens is 236 g/mol. The standard InChI is InChI=1S/C16H32N2O/c1-4-17-15(14-9-10-19-12-14)11-18(3)16-8-6-5-7-13(16)2/h13-17H,4-12H2,1-3H3. The van der Waals surface area contributed by atoms with Crippen molar-refractivity contribution in [3.05, 3.63) is 0 Å². The molecule has 0 amide bonds. The van der Waals surface area contributed by atoms with Crippen molar-refractivity contribution in [2.45, 2.75) is 58.0 Å². The Morgan fingerprint density at radius 3 is 2.68 bits per heavy atom. The summed E-state index contributed by atoms with van der Waals surface area (Å²) in [5, 5.41) is 3.69. The van der Waals surface area contributed by atoms with Crippen molar-refractivity contribution in [3.8, 4) is 0 Å². The van der Waals surface area contributed by atoms with Crippen LogP contribution in [-0.2, 0) is 4.74 Å². The van der Waals surface area contributed by atoms with Crippen LogP contribution >= 0.6 is 0 Å². The molecule has 19 heavy (non-hydrogen) atoms. The fourth-order valence-electron chi connectivity index (χ4n) is 3.91. The van der Waals surface area contributed by atoms with Crippen molar-refractivity contribution >= 4 is 0 Å². The molecule has 1 aliphatic heterocycles. The predicted molar refractivity (Wildman–Crippen MR) is 80.4 cm³/mol. The minimum absolute atomic E-state index is 0.603. The van der Waals surface area contributed by atoms with E-state index >= 15 is 0 Å². The Kier molecular flexibility index (Phi) is 6.11. The number of ether oxygens (including phenoxy) is 1. The van der Waals surface area contributed by atoms with E-state index in [9.17, 15) is 0 Å². The van der Waals surface area contributed by atoms with Crippen LogP contribution in [-0.4, -0.2) is 50.3 Å². The van der Waals surface area contributed by atoms with E-state index in [1.54, 1.807) is 0 Å². The van der Waals surface area contributed by atoms with Gasteiger partial charge in [-0.05, 0) is 38.8 Å². The molecule has 4 atom stereocenters. The minimum Gasteiger partial charge on any atom is -0.381 e. The Bertz CT molecular complexity index is 253. The highest BCUT2D eigenvalue weighted by atomic mass is 16.5. The molecule has 0 bridgehead atoms. The van der Waals surface area contributed by atoms with E-state index in [2.05, 4.69) is 31.1 Å². The molecule has 4 unspecified atom stereocenters. The third kappa shape index (κ3) is 4.17. The second kappa shape index (κ2) is 7.61. The van der Waals surface area contributed by atoms with Crippen LogP contribution in [0.5, 0.6) is 0 Å². The maximum absolute atomic E-state index is 5.57. The number of likely N-dealkylation sites (N-methyl/N-ethyl adjacent to an activating group) is 2. The molecule has 1 saturated carbocycles.